The third-order valence-corrected chi connectivity index (χ3v) is 4.79. The van der Waals surface area contributed by atoms with Gasteiger partial charge in [-0.3, -0.25) is 0 Å². The van der Waals surface area contributed by atoms with E-state index in [-0.39, 0.29) is 16.6 Å². The molecule has 0 saturated carbocycles. The Morgan fingerprint density at radius 2 is 2.10 bits per heavy atom. The Morgan fingerprint density at radius 1 is 1.40 bits per heavy atom. The first-order chi connectivity index (χ1) is 9.27. The molecule has 1 unspecified atom stereocenters. The first-order valence-electron chi connectivity index (χ1n) is 5.88. The van der Waals surface area contributed by atoms with E-state index in [2.05, 4.69) is 10.3 Å². The maximum atomic E-state index is 11.3. The second-order valence-corrected chi connectivity index (χ2v) is 7.27. The van der Waals surface area contributed by atoms with Crippen molar-refractivity contribution in [3.05, 3.63) is 34.3 Å². The number of nitrogens with one attached hydrogen (secondary N) is 1. The van der Waals surface area contributed by atoms with E-state index >= 15 is 0 Å². The molecule has 0 bridgehead atoms. The standard InChI is InChI=1S/C12H16N4O2S2/c1-7-6-15-12(19-7)8(2)16-9-3-4-11(10(13)5-9)20(14,17)18/h3-6,8,16H,13H2,1-2H3,(H2,14,17,18). The summed E-state index contributed by atoms with van der Waals surface area (Å²) in [5, 5.41) is 9.24. The summed E-state index contributed by atoms with van der Waals surface area (Å²) < 4.78 is 22.6. The van der Waals surface area contributed by atoms with E-state index in [9.17, 15) is 8.42 Å². The van der Waals surface area contributed by atoms with Gasteiger partial charge in [0.25, 0.3) is 0 Å². The zero-order valence-electron chi connectivity index (χ0n) is 11.1. The van der Waals surface area contributed by atoms with Crippen LogP contribution >= 0.6 is 11.3 Å². The quantitative estimate of drug-likeness (QED) is 0.746. The third kappa shape index (κ3) is 3.27. The molecule has 108 valence electrons. The summed E-state index contributed by atoms with van der Waals surface area (Å²) in [5.41, 5.74) is 6.56. The van der Waals surface area contributed by atoms with Crippen LogP contribution in [0.3, 0.4) is 0 Å². The van der Waals surface area contributed by atoms with Crippen molar-refractivity contribution in [2.75, 3.05) is 11.1 Å². The fourth-order valence-corrected chi connectivity index (χ4v) is 3.20. The first kappa shape index (κ1) is 14.8. The summed E-state index contributed by atoms with van der Waals surface area (Å²) in [6.45, 7) is 3.97. The molecule has 0 aliphatic rings. The van der Waals surface area contributed by atoms with Gasteiger partial charge in [0.15, 0.2) is 0 Å². The lowest BCUT2D eigenvalue weighted by Gasteiger charge is -2.14. The average molecular weight is 312 g/mol. The Bertz CT molecular complexity index is 725. The van der Waals surface area contributed by atoms with Crippen LogP contribution in [0.5, 0.6) is 0 Å². The Labute approximate surface area is 121 Å². The van der Waals surface area contributed by atoms with Crippen molar-refractivity contribution < 1.29 is 8.42 Å². The summed E-state index contributed by atoms with van der Waals surface area (Å²) in [7, 11) is -3.79. The lowest BCUT2D eigenvalue weighted by molar-refractivity contribution is 0.598. The van der Waals surface area contributed by atoms with Gasteiger partial charge in [-0.2, -0.15) is 0 Å². The molecule has 2 aromatic rings. The monoisotopic (exact) mass is 312 g/mol. The molecule has 0 aliphatic heterocycles. The highest BCUT2D eigenvalue weighted by Crippen LogP contribution is 2.26. The van der Waals surface area contributed by atoms with E-state index in [4.69, 9.17) is 10.9 Å². The molecule has 0 saturated heterocycles. The van der Waals surface area contributed by atoms with E-state index in [0.717, 1.165) is 15.6 Å². The highest BCUT2D eigenvalue weighted by Gasteiger charge is 2.14. The zero-order valence-corrected chi connectivity index (χ0v) is 12.8. The maximum Gasteiger partial charge on any atom is 0.240 e. The molecule has 0 fully saturated rings. The highest BCUT2D eigenvalue weighted by atomic mass is 32.2. The number of nitrogen functional groups attached to an aromatic ring is 1. The van der Waals surface area contributed by atoms with Crippen molar-refractivity contribution in [1.29, 1.82) is 0 Å². The lowest BCUT2D eigenvalue weighted by Crippen LogP contribution is -2.14. The van der Waals surface area contributed by atoms with Gasteiger partial charge in [-0.05, 0) is 32.0 Å². The van der Waals surface area contributed by atoms with Crippen LogP contribution in [0, 0.1) is 6.92 Å². The van der Waals surface area contributed by atoms with Gasteiger partial charge in [-0.25, -0.2) is 18.5 Å². The Balaban J connectivity index is 2.21. The SMILES string of the molecule is Cc1cnc(C(C)Nc2ccc(S(N)(=O)=O)c(N)c2)s1. The van der Waals surface area contributed by atoms with Gasteiger partial charge in [0, 0.05) is 16.8 Å². The molecule has 1 aromatic heterocycles. The van der Waals surface area contributed by atoms with Crippen LogP contribution in [0.2, 0.25) is 0 Å². The van der Waals surface area contributed by atoms with E-state index in [1.165, 1.54) is 6.07 Å². The maximum absolute atomic E-state index is 11.3. The summed E-state index contributed by atoms with van der Waals surface area (Å²) >= 11 is 1.61. The second kappa shape index (κ2) is 5.39. The summed E-state index contributed by atoms with van der Waals surface area (Å²) in [6.07, 6.45) is 1.82. The molecule has 1 heterocycles. The predicted octanol–water partition coefficient (Wildman–Crippen LogP) is 1.85. The van der Waals surface area contributed by atoms with Crippen molar-refractivity contribution in [3.63, 3.8) is 0 Å². The number of aryl methyl sites for hydroxylation is 1. The van der Waals surface area contributed by atoms with Crippen LogP contribution in [0.1, 0.15) is 22.9 Å². The predicted molar refractivity (Wildman–Crippen MR) is 81.1 cm³/mol. The van der Waals surface area contributed by atoms with Crippen molar-refractivity contribution in [2.45, 2.75) is 24.8 Å². The number of rotatable bonds is 4. The van der Waals surface area contributed by atoms with Crippen molar-refractivity contribution >= 4 is 32.7 Å². The first-order valence-corrected chi connectivity index (χ1v) is 8.25. The van der Waals surface area contributed by atoms with Gasteiger partial charge in [0.1, 0.15) is 9.90 Å². The van der Waals surface area contributed by atoms with Gasteiger partial charge < -0.3 is 11.1 Å². The molecule has 1 aromatic carbocycles. The van der Waals surface area contributed by atoms with Gasteiger partial charge in [-0.1, -0.05) is 0 Å². The fraction of sp³-hybridized carbons (Fsp3) is 0.250. The van der Waals surface area contributed by atoms with Gasteiger partial charge in [0.2, 0.25) is 10.0 Å². The molecule has 20 heavy (non-hydrogen) atoms. The number of sulfonamides is 1. The van der Waals surface area contributed by atoms with E-state index < -0.39 is 10.0 Å². The van der Waals surface area contributed by atoms with Gasteiger partial charge >= 0.3 is 0 Å². The minimum Gasteiger partial charge on any atom is -0.398 e. The molecule has 5 N–H and O–H groups in total. The molecule has 0 radical (unpaired) electrons. The second-order valence-electron chi connectivity index (χ2n) is 4.47. The number of nitrogens with two attached hydrogens (primary N) is 2. The Kier molecular flexibility index (Phi) is 3.98. The summed E-state index contributed by atoms with van der Waals surface area (Å²) in [6, 6.07) is 4.59. The Morgan fingerprint density at radius 3 is 2.60 bits per heavy atom. The molecule has 2 rings (SSSR count). The fourth-order valence-electron chi connectivity index (χ4n) is 1.78. The minimum absolute atomic E-state index is 0.00781. The summed E-state index contributed by atoms with van der Waals surface area (Å²) in [4.78, 5) is 5.37. The summed E-state index contributed by atoms with van der Waals surface area (Å²) in [5.74, 6) is 0. The molecule has 0 amide bonds. The zero-order chi connectivity index (χ0) is 14.9. The van der Waals surface area contributed by atoms with Crippen LogP contribution < -0.4 is 16.2 Å². The average Bonchev–Trinajstić information content (AvgIpc) is 2.74. The largest absolute Gasteiger partial charge is 0.398 e. The molecule has 8 heteroatoms. The van der Waals surface area contributed by atoms with E-state index in [1.807, 2.05) is 20.0 Å². The van der Waals surface area contributed by atoms with Gasteiger partial charge in [-0.15, -0.1) is 11.3 Å². The third-order valence-electron chi connectivity index (χ3n) is 2.71. The van der Waals surface area contributed by atoms with Crippen LogP contribution in [0.25, 0.3) is 0 Å². The molecular weight excluding hydrogens is 296 g/mol. The molecule has 0 spiro atoms. The van der Waals surface area contributed by atoms with Crippen LogP contribution in [0.15, 0.2) is 29.3 Å². The van der Waals surface area contributed by atoms with E-state index in [1.54, 1.807) is 23.5 Å². The number of thiazole rings is 1. The van der Waals surface area contributed by atoms with Crippen molar-refractivity contribution in [3.8, 4) is 0 Å². The van der Waals surface area contributed by atoms with Crippen LogP contribution in [-0.2, 0) is 10.0 Å². The Hall–Kier alpha value is -1.64. The minimum atomic E-state index is -3.79. The number of hydrogen-bond donors (Lipinski definition) is 3. The van der Waals surface area contributed by atoms with Gasteiger partial charge in [0.05, 0.1) is 11.7 Å². The lowest BCUT2D eigenvalue weighted by atomic mass is 10.2. The number of nitrogens with zero attached hydrogens (tertiary/aromatic N) is 1. The normalized spacial score (nSPS) is 13.2. The number of benzene rings is 1. The van der Waals surface area contributed by atoms with Crippen molar-refractivity contribution in [1.82, 2.24) is 4.98 Å². The molecular formula is C12H16N4O2S2. The molecule has 6 nitrogen and oxygen atoms in total. The molecule has 0 aliphatic carbocycles. The van der Waals surface area contributed by atoms with Crippen molar-refractivity contribution in [2.24, 2.45) is 5.14 Å². The topological polar surface area (TPSA) is 111 Å². The van der Waals surface area contributed by atoms with Crippen LogP contribution in [0.4, 0.5) is 11.4 Å². The highest BCUT2D eigenvalue weighted by molar-refractivity contribution is 7.89. The number of anilines is 2. The van der Waals surface area contributed by atoms with Crippen LogP contribution in [-0.4, -0.2) is 13.4 Å². The number of hydrogen-bond acceptors (Lipinski definition) is 6. The number of aromatic nitrogens is 1. The smallest absolute Gasteiger partial charge is 0.240 e. The van der Waals surface area contributed by atoms with E-state index in [0.29, 0.717) is 0 Å². The number of primary sulfonamides is 1. The molecule has 1 atom stereocenters.